The van der Waals surface area contributed by atoms with Crippen LogP contribution in [0.3, 0.4) is 0 Å². The molecule has 1 aliphatic heterocycles. The molecular weight excluding hydrogens is 208 g/mol. The molecule has 1 fully saturated rings. The van der Waals surface area contributed by atoms with Gasteiger partial charge in [-0.15, -0.1) is 0 Å². The number of carbonyl (C=O) groups excluding carboxylic acids is 1. The first-order chi connectivity index (χ1) is 7.50. The van der Waals surface area contributed by atoms with Crippen LogP contribution in [-0.4, -0.2) is 60.5 Å². The molecular formula is C11H20N2O3. The van der Waals surface area contributed by atoms with Gasteiger partial charge in [0.15, 0.2) is 0 Å². The Morgan fingerprint density at radius 3 is 2.69 bits per heavy atom. The topological polar surface area (TPSA) is 60.9 Å². The molecule has 92 valence electrons. The Balaban J connectivity index is 2.41. The van der Waals surface area contributed by atoms with Gasteiger partial charge in [-0.25, -0.2) is 0 Å². The fourth-order valence-electron chi connectivity index (χ4n) is 1.88. The van der Waals surface area contributed by atoms with Gasteiger partial charge < -0.3 is 14.9 Å². The second-order valence-corrected chi connectivity index (χ2v) is 4.57. The van der Waals surface area contributed by atoms with E-state index in [9.17, 15) is 9.59 Å². The SMILES string of the molecule is CN(C)CCC(=O)N1CCC[C@H](C(=O)O)C1. The second kappa shape index (κ2) is 5.84. The molecule has 1 aliphatic rings. The second-order valence-electron chi connectivity index (χ2n) is 4.57. The number of likely N-dealkylation sites (tertiary alicyclic amines) is 1. The molecule has 0 unspecified atom stereocenters. The highest BCUT2D eigenvalue weighted by Gasteiger charge is 2.27. The maximum absolute atomic E-state index is 11.8. The number of rotatable bonds is 4. The normalized spacial score (nSPS) is 21.2. The van der Waals surface area contributed by atoms with Crippen LogP contribution in [0.1, 0.15) is 19.3 Å². The lowest BCUT2D eigenvalue weighted by molar-refractivity contribution is -0.145. The van der Waals surface area contributed by atoms with E-state index in [4.69, 9.17) is 5.11 Å². The summed E-state index contributed by atoms with van der Waals surface area (Å²) in [5.41, 5.74) is 0. The molecule has 1 amide bonds. The van der Waals surface area contributed by atoms with Crippen molar-refractivity contribution in [2.24, 2.45) is 5.92 Å². The Morgan fingerprint density at radius 2 is 2.12 bits per heavy atom. The van der Waals surface area contributed by atoms with Crippen LogP contribution in [-0.2, 0) is 9.59 Å². The molecule has 0 spiro atoms. The van der Waals surface area contributed by atoms with E-state index in [-0.39, 0.29) is 11.8 Å². The minimum atomic E-state index is -0.787. The van der Waals surface area contributed by atoms with E-state index in [2.05, 4.69) is 0 Å². The van der Waals surface area contributed by atoms with Crippen LogP contribution in [0.25, 0.3) is 0 Å². The first-order valence-electron chi connectivity index (χ1n) is 5.66. The molecule has 0 aromatic carbocycles. The van der Waals surface area contributed by atoms with Crippen LogP contribution in [0.5, 0.6) is 0 Å². The third kappa shape index (κ3) is 3.81. The van der Waals surface area contributed by atoms with Gasteiger partial charge >= 0.3 is 5.97 Å². The number of hydrogen-bond donors (Lipinski definition) is 1. The molecule has 0 bridgehead atoms. The van der Waals surface area contributed by atoms with Gasteiger partial charge in [0.2, 0.25) is 5.91 Å². The molecule has 0 saturated carbocycles. The van der Waals surface area contributed by atoms with E-state index in [0.717, 1.165) is 6.42 Å². The van der Waals surface area contributed by atoms with E-state index in [1.165, 1.54) is 0 Å². The molecule has 1 heterocycles. The number of piperidine rings is 1. The molecule has 5 nitrogen and oxygen atoms in total. The van der Waals surface area contributed by atoms with Gasteiger partial charge in [-0.1, -0.05) is 0 Å². The van der Waals surface area contributed by atoms with E-state index < -0.39 is 5.97 Å². The summed E-state index contributed by atoms with van der Waals surface area (Å²) in [4.78, 5) is 26.3. The standard InChI is InChI=1S/C11H20N2O3/c1-12(2)7-5-10(14)13-6-3-4-9(8-13)11(15)16/h9H,3-8H2,1-2H3,(H,15,16)/t9-/m0/s1. The largest absolute Gasteiger partial charge is 0.481 e. The number of carbonyl (C=O) groups is 2. The summed E-state index contributed by atoms with van der Waals surface area (Å²) in [5, 5.41) is 8.91. The summed E-state index contributed by atoms with van der Waals surface area (Å²) in [6.45, 7) is 1.80. The third-order valence-corrected chi connectivity index (χ3v) is 2.90. The molecule has 1 atom stereocenters. The minimum absolute atomic E-state index is 0.0691. The van der Waals surface area contributed by atoms with Crippen molar-refractivity contribution in [2.45, 2.75) is 19.3 Å². The smallest absolute Gasteiger partial charge is 0.308 e. The van der Waals surface area contributed by atoms with E-state index >= 15 is 0 Å². The lowest BCUT2D eigenvalue weighted by Gasteiger charge is -2.31. The highest BCUT2D eigenvalue weighted by atomic mass is 16.4. The lowest BCUT2D eigenvalue weighted by atomic mass is 9.98. The maximum Gasteiger partial charge on any atom is 0.308 e. The van der Waals surface area contributed by atoms with E-state index in [1.54, 1.807) is 4.90 Å². The number of hydrogen-bond acceptors (Lipinski definition) is 3. The van der Waals surface area contributed by atoms with Gasteiger partial charge in [-0.3, -0.25) is 9.59 Å². The first kappa shape index (κ1) is 13.0. The van der Waals surface area contributed by atoms with Crippen LogP contribution in [0, 0.1) is 5.92 Å². The fourth-order valence-corrected chi connectivity index (χ4v) is 1.88. The van der Waals surface area contributed by atoms with Crippen molar-refractivity contribution in [2.75, 3.05) is 33.7 Å². The summed E-state index contributed by atoms with van der Waals surface area (Å²) in [6.07, 6.45) is 1.96. The van der Waals surface area contributed by atoms with E-state index in [1.807, 2.05) is 19.0 Å². The Bertz CT molecular complexity index is 266. The van der Waals surface area contributed by atoms with Gasteiger partial charge in [-0.2, -0.15) is 0 Å². The maximum atomic E-state index is 11.8. The van der Waals surface area contributed by atoms with Crippen molar-refractivity contribution >= 4 is 11.9 Å². The van der Waals surface area contributed by atoms with Crippen LogP contribution in [0.15, 0.2) is 0 Å². The zero-order chi connectivity index (χ0) is 12.1. The van der Waals surface area contributed by atoms with Crippen molar-refractivity contribution in [3.8, 4) is 0 Å². The van der Waals surface area contributed by atoms with Crippen molar-refractivity contribution in [3.63, 3.8) is 0 Å². The van der Waals surface area contributed by atoms with Gasteiger partial charge in [0.25, 0.3) is 0 Å². The minimum Gasteiger partial charge on any atom is -0.481 e. The average Bonchev–Trinajstić information content (AvgIpc) is 2.26. The monoisotopic (exact) mass is 228 g/mol. The van der Waals surface area contributed by atoms with Crippen molar-refractivity contribution in [1.82, 2.24) is 9.80 Å². The highest BCUT2D eigenvalue weighted by Crippen LogP contribution is 2.17. The van der Waals surface area contributed by atoms with Crippen LogP contribution >= 0.6 is 0 Å². The highest BCUT2D eigenvalue weighted by molar-refractivity contribution is 5.78. The fraction of sp³-hybridized carbons (Fsp3) is 0.818. The quantitative estimate of drug-likeness (QED) is 0.750. The molecule has 16 heavy (non-hydrogen) atoms. The van der Waals surface area contributed by atoms with Crippen molar-refractivity contribution < 1.29 is 14.7 Å². The number of carboxylic acid groups (broad SMARTS) is 1. The van der Waals surface area contributed by atoms with Gasteiger partial charge in [0.05, 0.1) is 5.92 Å². The average molecular weight is 228 g/mol. The summed E-state index contributed by atoms with van der Waals surface area (Å²) in [6, 6.07) is 0. The van der Waals surface area contributed by atoms with Crippen molar-refractivity contribution in [3.05, 3.63) is 0 Å². The molecule has 5 heteroatoms. The zero-order valence-electron chi connectivity index (χ0n) is 9.98. The summed E-state index contributed by atoms with van der Waals surface area (Å²) in [5.74, 6) is -1.10. The zero-order valence-corrected chi connectivity index (χ0v) is 9.98. The molecule has 1 saturated heterocycles. The predicted octanol–water partition coefficient (Wildman–Crippen LogP) is 0.261. The Morgan fingerprint density at radius 1 is 1.44 bits per heavy atom. The molecule has 0 aromatic rings. The van der Waals surface area contributed by atoms with Crippen LogP contribution in [0.2, 0.25) is 0 Å². The van der Waals surface area contributed by atoms with Gasteiger partial charge in [-0.05, 0) is 26.9 Å². The summed E-state index contributed by atoms with van der Waals surface area (Å²) < 4.78 is 0. The molecule has 0 aliphatic carbocycles. The van der Waals surface area contributed by atoms with E-state index in [0.29, 0.717) is 32.5 Å². The number of amides is 1. The van der Waals surface area contributed by atoms with Crippen LogP contribution < -0.4 is 0 Å². The lowest BCUT2D eigenvalue weighted by Crippen LogP contribution is -2.43. The molecule has 0 radical (unpaired) electrons. The third-order valence-electron chi connectivity index (χ3n) is 2.90. The predicted molar refractivity (Wildman–Crippen MR) is 60.1 cm³/mol. The molecule has 1 rings (SSSR count). The number of carboxylic acids is 1. The van der Waals surface area contributed by atoms with Crippen molar-refractivity contribution in [1.29, 1.82) is 0 Å². The Kier molecular flexibility index (Phi) is 4.73. The Hall–Kier alpha value is -1.10. The molecule has 1 N–H and O–H groups in total. The Labute approximate surface area is 96.0 Å². The molecule has 0 aromatic heterocycles. The summed E-state index contributed by atoms with van der Waals surface area (Å²) >= 11 is 0. The van der Waals surface area contributed by atoms with Gasteiger partial charge in [0.1, 0.15) is 0 Å². The van der Waals surface area contributed by atoms with Crippen LogP contribution in [0.4, 0.5) is 0 Å². The summed E-state index contributed by atoms with van der Waals surface area (Å²) in [7, 11) is 3.84. The number of nitrogens with zero attached hydrogens (tertiary/aromatic N) is 2. The number of aliphatic carboxylic acids is 1. The first-order valence-corrected chi connectivity index (χ1v) is 5.66. The van der Waals surface area contributed by atoms with Gasteiger partial charge in [0, 0.05) is 26.1 Å².